The van der Waals surface area contributed by atoms with Crippen LogP contribution in [-0.2, 0) is 0 Å². The smallest absolute Gasteiger partial charge is 0.319 e. The molecule has 1 aliphatic carbocycles. The first-order valence-corrected chi connectivity index (χ1v) is 11.1. The molecular weight excluding hydrogens is 404 g/mol. The van der Waals surface area contributed by atoms with Crippen molar-refractivity contribution in [1.82, 2.24) is 25.1 Å². The lowest BCUT2D eigenvalue weighted by molar-refractivity contribution is 0.185. The molecule has 0 radical (unpaired) electrons. The largest absolute Gasteiger partial charge is 0.507 e. The third kappa shape index (κ3) is 4.49. The lowest BCUT2D eigenvalue weighted by Gasteiger charge is -2.41. The van der Waals surface area contributed by atoms with Crippen molar-refractivity contribution in [3.63, 3.8) is 0 Å². The van der Waals surface area contributed by atoms with Crippen LogP contribution in [0.15, 0.2) is 36.7 Å². The van der Waals surface area contributed by atoms with Gasteiger partial charge in [-0.1, -0.05) is 32.8 Å². The molecule has 1 aliphatic rings. The average Bonchev–Trinajstić information content (AvgIpc) is 2.84. The molecule has 2 aromatic heterocycles. The van der Waals surface area contributed by atoms with E-state index in [1.54, 1.807) is 12.1 Å². The fourth-order valence-electron chi connectivity index (χ4n) is 4.44. The number of phenolic OH excluding ortho intramolecular Hbond substituents is 1. The van der Waals surface area contributed by atoms with Gasteiger partial charge in [-0.05, 0) is 48.9 Å². The van der Waals surface area contributed by atoms with Crippen LogP contribution >= 0.6 is 0 Å². The van der Waals surface area contributed by atoms with Gasteiger partial charge in [0.2, 0.25) is 0 Å². The zero-order valence-electron chi connectivity index (χ0n) is 19.1. The SMILES string of the molecule is CC[C@]1(C)CCC[C@H](N(C)c2ccc(-c3ccc(-c4ncnc(OC)n4)cc3O)nn2)C1. The summed E-state index contributed by atoms with van der Waals surface area (Å²) in [5.74, 6) is 1.36. The number of nitrogens with zero attached hydrogens (tertiary/aromatic N) is 6. The number of anilines is 1. The zero-order chi connectivity index (χ0) is 22.7. The van der Waals surface area contributed by atoms with E-state index in [0.29, 0.717) is 34.1 Å². The number of aromatic nitrogens is 5. The van der Waals surface area contributed by atoms with Crippen molar-refractivity contribution in [3.05, 3.63) is 36.7 Å². The van der Waals surface area contributed by atoms with E-state index in [1.807, 2.05) is 18.2 Å². The van der Waals surface area contributed by atoms with Crippen LogP contribution in [-0.4, -0.2) is 50.5 Å². The van der Waals surface area contributed by atoms with E-state index in [0.717, 1.165) is 5.82 Å². The number of ether oxygens (including phenoxy) is 1. The van der Waals surface area contributed by atoms with Gasteiger partial charge in [0.25, 0.3) is 0 Å². The maximum atomic E-state index is 10.6. The highest BCUT2D eigenvalue weighted by molar-refractivity contribution is 5.72. The summed E-state index contributed by atoms with van der Waals surface area (Å²) in [5.41, 5.74) is 2.28. The highest BCUT2D eigenvalue weighted by atomic mass is 16.5. The Balaban J connectivity index is 1.52. The van der Waals surface area contributed by atoms with Crippen LogP contribution in [0.1, 0.15) is 46.0 Å². The molecule has 0 bridgehead atoms. The molecule has 2 heterocycles. The van der Waals surface area contributed by atoms with Crippen molar-refractivity contribution in [2.45, 2.75) is 52.0 Å². The van der Waals surface area contributed by atoms with E-state index in [9.17, 15) is 5.11 Å². The molecule has 0 aliphatic heterocycles. The van der Waals surface area contributed by atoms with Crippen molar-refractivity contribution in [3.8, 4) is 34.4 Å². The van der Waals surface area contributed by atoms with E-state index in [1.165, 1.54) is 45.5 Å². The Morgan fingerprint density at radius 2 is 2.03 bits per heavy atom. The Kier molecular flexibility index (Phi) is 6.21. The summed E-state index contributed by atoms with van der Waals surface area (Å²) >= 11 is 0. The topological polar surface area (TPSA) is 97.2 Å². The molecule has 0 spiro atoms. The molecule has 1 saturated carbocycles. The molecule has 2 atom stereocenters. The first-order valence-electron chi connectivity index (χ1n) is 11.1. The van der Waals surface area contributed by atoms with Gasteiger partial charge in [-0.2, -0.15) is 9.97 Å². The molecule has 1 fully saturated rings. The second-order valence-electron chi connectivity index (χ2n) is 8.83. The lowest BCUT2D eigenvalue weighted by atomic mass is 9.71. The molecule has 0 unspecified atom stereocenters. The standard InChI is InChI=1S/C24H30N6O2/c1-5-24(2)12-6-7-17(14-24)30(3)21-11-10-19(28-29-21)18-9-8-16(13-20(18)31)22-25-15-26-23(27-22)32-4/h8-11,13,15,17,31H,5-7,12,14H2,1-4H3/t17-,24+/m0/s1. The molecule has 0 saturated heterocycles. The fraction of sp³-hybridized carbons (Fsp3) is 0.458. The molecule has 32 heavy (non-hydrogen) atoms. The Morgan fingerprint density at radius 1 is 1.19 bits per heavy atom. The Bertz CT molecular complexity index is 1070. The van der Waals surface area contributed by atoms with Gasteiger partial charge in [-0.15, -0.1) is 10.2 Å². The van der Waals surface area contributed by atoms with Crippen molar-refractivity contribution in [2.75, 3.05) is 19.1 Å². The average molecular weight is 435 g/mol. The zero-order valence-corrected chi connectivity index (χ0v) is 19.1. The van der Waals surface area contributed by atoms with Crippen LogP contribution in [0.3, 0.4) is 0 Å². The Morgan fingerprint density at radius 3 is 2.72 bits per heavy atom. The summed E-state index contributed by atoms with van der Waals surface area (Å²) in [6, 6.07) is 9.81. The van der Waals surface area contributed by atoms with E-state index >= 15 is 0 Å². The highest BCUT2D eigenvalue weighted by Crippen LogP contribution is 2.41. The van der Waals surface area contributed by atoms with Crippen LogP contribution in [0, 0.1) is 5.41 Å². The Hall–Kier alpha value is -3.29. The second kappa shape index (κ2) is 9.06. The number of hydrogen-bond acceptors (Lipinski definition) is 8. The third-order valence-electron chi connectivity index (χ3n) is 6.72. The minimum atomic E-state index is 0.0864. The van der Waals surface area contributed by atoms with Gasteiger partial charge in [-0.3, -0.25) is 0 Å². The molecule has 0 amide bonds. The number of rotatable bonds is 6. The molecule has 8 heteroatoms. The molecule has 8 nitrogen and oxygen atoms in total. The normalized spacial score (nSPS) is 20.7. The minimum Gasteiger partial charge on any atom is -0.507 e. The van der Waals surface area contributed by atoms with E-state index < -0.39 is 0 Å². The van der Waals surface area contributed by atoms with Crippen molar-refractivity contribution in [1.29, 1.82) is 0 Å². The van der Waals surface area contributed by atoms with Gasteiger partial charge in [0.1, 0.15) is 12.1 Å². The van der Waals surface area contributed by atoms with Gasteiger partial charge in [0.15, 0.2) is 11.6 Å². The first-order chi connectivity index (χ1) is 15.4. The summed E-state index contributed by atoms with van der Waals surface area (Å²) in [4.78, 5) is 14.5. The lowest BCUT2D eigenvalue weighted by Crippen LogP contribution is -2.40. The summed E-state index contributed by atoms with van der Waals surface area (Å²) in [5, 5.41) is 19.5. The number of hydrogen-bond donors (Lipinski definition) is 1. The van der Waals surface area contributed by atoms with Crippen LogP contribution in [0.25, 0.3) is 22.6 Å². The summed E-state index contributed by atoms with van der Waals surface area (Å²) < 4.78 is 5.04. The van der Waals surface area contributed by atoms with Gasteiger partial charge < -0.3 is 14.7 Å². The second-order valence-corrected chi connectivity index (χ2v) is 8.83. The monoisotopic (exact) mass is 434 g/mol. The van der Waals surface area contributed by atoms with Gasteiger partial charge in [-0.25, -0.2) is 4.98 Å². The van der Waals surface area contributed by atoms with Crippen molar-refractivity contribution < 1.29 is 9.84 Å². The fourth-order valence-corrected chi connectivity index (χ4v) is 4.44. The molecule has 1 aromatic carbocycles. The maximum absolute atomic E-state index is 10.6. The molecule has 4 rings (SSSR count). The van der Waals surface area contributed by atoms with Crippen LogP contribution in [0.2, 0.25) is 0 Å². The highest BCUT2D eigenvalue weighted by Gasteiger charge is 2.33. The van der Waals surface area contributed by atoms with E-state index in [2.05, 4.69) is 50.9 Å². The van der Waals surface area contributed by atoms with Crippen LogP contribution in [0.5, 0.6) is 11.8 Å². The van der Waals surface area contributed by atoms with Gasteiger partial charge >= 0.3 is 6.01 Å². The molecule has 3 aromatic rings. The quantitative estimate of drug-likeness (QED) is 0.605. The minimum absolute atomic E-state index is 0.0864. The molecule has 1 N–H and O–H groups in total. The molecule has 168 valence electrons. The number of aromatic hydroxyl groups is 1. The first kappa shape index (κ1) is 21.9. The summed E-state index contributed by atoms with van der Waals surface area (Å²) in [6.45, 7) is 4.67. The van der Waals surface area contributed by atoms with Crippen LogP contribution in [0.4, 0.5) is 5.82 Å². The maximum Gasteiger partial charge on any atom is 0.319 e. The Labute approximate surface area is 188 Å². The number of phenols is 1. The van der Waals surface area contributed by atoms with Crippen molar-refractivity contribution in [2.24, 2.45) is 5.41 Å². The van der Waals surface area contributed by atoms with E-state index in [-0.39, 0.29) is 11.8 Å². The number of benzene rings is 1. The predicted molar refractivity (Wildman–Crippen MR) is 124 cm³/mol. The number of methoxy groups -OCH3 is 1. The van der Waals surface area contributed by atoms with E-state index in [4.69, 9.17) is 4.74 Å². The predicted octanol–water partition coefficient (Wildman–Crippen LogP) is 4.50. The van der Waals surface area contributed by atoms with Crippen molar-refractivity contribution >= 4 is 5.82 Å². The third-order valence-corrected chi connectivity index (χ3v) is 6.72. The van der Waals surface area contributed by atoms with Crippen LogP contribution < -0.4 is 9.64 Å². The van der Waals surface area contributed by atoms with Gasteiger partial charge in [0.05, 0.1) is 12.8 Å². The van der Waals surface area contributed by atoms with Gasteiger partial charge in [0, 0.05) is 24.2 Å². The summed E-state index contributed by atoms with van der Waals surface area (Å²) in [7, 11) is 3.60. The summed E-state index contributed by atoms with van der Waals surface area (Å²) in [6.07, 6.45) is 7.48. The molecular formula is C24H30N6O2.